The first kappa shape index (κ1) is 58.3. The third-order valence-corrected chi connectivity index (χ3v) is 9.70. The molecule has 4 bridgehead atoms. The fourth-order valence-electron chi connectivity index (χ4n) is 6.45. The van der Waals surface area contributed by atoms with Crippen molar-refractivity contribution in [3.05, 3.63) is 94.9 Å². The van der Waals surface area contributed by atoms with Crippen molar-refractivity contribution in [3.8, 4) is 0 Å². The minimum Gasteiger partial charge on any atom is -0.813 e. The van der Waals surface area contributed by atoms with Crippen molar-refractivity contribution < 1.29 is 80.8 Å². The molecule has 2 aromatic rings. The lowest BCUT2D eigenvalue weighted by molar-refractivity contribution is -0.193. The predicted molar refractivity (Wildman–Crippen MR) is 227 cm³/mol. The largest absolute Gasteiger partial charge is 0.813 e. The van der Waals surface area contributed by atoms with Crippen LogP contribution in [0.2, 0.25) is 0 Å². The Kier molecular flexibility index (Phi) is 26.6. The Balaban J connectivity index is 0.000000967. The third kappa shape index (κ3) is 17.4. The van der Waals surface area contributed by atoms with Crippen LogP contribution in [0, 0.1) is 0 Å². The summed E-state index contributed by atoms with van der Waals surface area (Å²) in [5.74, 6) is -1.42. The topological polar surface area (TPSA) is 316 Å². The highest BCUT2D eigenvalue weighted by molar-refractivity contribution is 7.37. The number of furan rings is 2. The monoisotopic (exact) mass is 931 g/mol. The zero-order valence-electron chi connectivity index (χ0n) is 35.5. The summed E-state index contributed by atoms with van der Waals surface area (Å²) in [6, 6.07) is 7.25. The Morgan fingerprint density at radius 2 is 1.18 bits per heavy atom. The summed E-state index contributed by atoms with van der Waals surface area (Å²) in [4.78, 5) is 103. The number of carboxylic acids is 1. The van der Waals surface area contributed by atoms with Crippen LogP contribution < -0.4 is 21.7 Å². The number of nitrogens with one attached hydrogen (secondary N) is 3. The van der Waals surface area contributed by atoms with E-state index < -0.39 is 35.2 Å². The number of thiol groups is 1. The minimum absolute atomic E-state index is 0. The molecule has 0 saturated heterocycles. The summed E-state index contributed by atoms with van der Waals surface area (Å²) in [6.07, 6.45) is 11.5. The van der Waals surface area contributed by atoms with Gasteiger partial charge in [0.05, 0.1) is 70.2 Å². The van der Waals surface area contributed by atoms with Gasteiger partial charge in [-0.05, 0) is 74.3 Å². The molecule has 2 aromatic heterocycles. The second-order valence-corrected chi connectivity index (χ2v) is 13.6. The molecule has 6 rings (SSSR count). The summed E-state index contributed by atoms with van der Waals surface area (Å²) in [5.41, 5.74) is 5.88. The molecule has 0 radical (unpaired) electrons. The molecule has 4 aliphatic rings. The zero-order valence-corrected chi connectivity index (χ0v) is 36.4. The van der Waals surface area contributed by atoms with Crippen LogP contribution in [-0.2, 0) is 93.5 Å². The molecule has 6 heterocycles. The number of carboxylic acid groups (broad SMARTS) is 1. The Bertz CT molecular complexity index is 2070. The number of amides is 3. The molecule has 0 spiro atoms. The standard InChI is InChI=1S/C19H24N2O4.C16H19NO8.C5H7NO.2CO2.CH4.H2S/c1-13-14(2)19(9-8-16(13)25-19)12-21-18(23)7-3-6-17(22)20-11-15-5-4-10-24-15;1-23-14(21)12-9-6-7-16(25-9,13(12)15(22)24-2)8-17-10(18)4-3-5-11(19)20;6-4-5-2-1-3-7-5;2*2-1-3;;/h4-5,8-10,16H,3,6-7,11-12H2,1-2H3,(H,20,22)(H,21,23);6-7,9H,3-5,8H2,1-2H3,(H,17,18)(H,19,20);1-3H,4,6H2;;;1H4;1H2/p-1. The second-order valence-electron chi connectivity index (χ2n) is 13.6. The highest BCUT2D eigenvalue weighted by Gasteiger charge is 2.54. The molecule has 4 unspecified atom stereocenters. The number of carbonyl (C=O) groups is 6. The van der Waals surface area contributed by atoms with Crippen molar-refractivity contribution in [2.45, 2.75) is 96.3 Å². The minimum atomic E-state index is -1.30. The number of nitrogens with two attached hydrogens (primary N) is 1. The molecule has 6 N–H and O–H groups in total. The summed E-state index contributed by atoms with van der Waals surface area (Å²) in [6.45, 7) is 5.33. The number of fused-ring (bicyclic) bond motifs is 4. The van der Waals surface area contributed by atoms with Gasteiger partial charge in [0.2, 0.25) is 17.7 Å². The van der Waals surface area contributed by atoms with Crippen molar-refractivity contribution >= 4 is 61.4 Å². The highest BCUT2D eigenvalue weighted by atomic mass is 32.1. The quantitative estimate of drug-likeness (QED) is 0.0654. The number of carbonyl (C=O) groups excluding carboxylic acids is 9. The van der Waals surface area contributed by atoms with E-state index in [1.165, 1.54) is 25.4 Å². The van der Waals surface area contributed by atoms with E-state index in [1.807, 2.05) is 31.2 Å². The fourth-order valence-corrected chi connectivity index (χ4v) is 6.45. The van der Waals surface area contributed by atoms with E-state index in [4.69, 9.17) is 57.8 Å². The SMILES string of the molecule is C.CC1=C(C)C2(CNC(=O)CCCC(=O)NCc3ccco3)C=CC1O2.COC(=O)C1=C(C(=O)OC)C2(CNC(=O)CCCC(=O)O)C=CC1O2.NCc1ccco1.O=C=O.O=C=O.[SH-]. The number of aliphatic carboxylic acids is 1. The molecule has 356 valence electrons. The van der Waals surface area contributed by atoms with Gasteiger partial charge >= 0.3 is 30.2 Å². The molecular weight excluding hydrogens is 877 g/mol. The van der Waals surface area contributed by atoms with Crippen molar-refractivity contribution in [1.29, 1.82) is 0 Å². The number of hydrogen-bond donors (Lipinski definition) is 5. The van der Waals surface area contributed by atoms with Gasteiger partial charge in [-0.25, -0.2) is 9.59 Å². The third-order valence-electron chi connectivity index (χ3n) is 9.70. The Labute approximate surface area is 381 Å². The van der Waals surface area contributed by atoms with Crippen LogP contribution in [0.1, 0.15) is 71.3 Å². The molecule has 4 atom stereocenters. The molecule has 22 heteroatoms. The molecule has 0 saturated carbocycles. The van der Waals surface area contributed by atoms with Gasteiger partial charge in [-0.2, -0.15) is 19.2 Å². The normalized spacial score (nSPS) is 19.5. The first-order valence-electron chi connectivity index (χ1n) is 19.2. The molecular formula is C43H55N4O17S-. The number of hydrogen-bond acceptors (Lipinski definition) is 18. The molecule has 3 amide bonds. The van der Waals surface area contributed by atoms with E-state index >= 15 is 0 Å². The molecule has 65 heavy (non-hydrogen) atoms. The van der Waals surface area contributed by atoms with Crippen molar-refractivity contribution in [2.75, 3.05) is 27.3 Å². The van der Waals surface area contributed by atoms with Gasteiger partial charge in [-0.1, -0.05) is 19.6 Å². The molecule has 21 nitrogen and oxygen atoms in total. The number of rotatable bonds is 17. The maximum Gasteiger partial charge on any atom is 0.373 e. The van der Waals surface area contributed by atoms with E-state index in [1.54, 1.807) is 36.8 Å². The molecule has 0 fully saturated rings. The maximum atomic E-state index is 12.2. The van der Waals surface area contributed by atoms with Crippen LogP contribution in [0.4, 0.5) is 0 Å². The molecule has 0 aliphatic carbocycles. The van der Waals surface area contributed by atoms with Crippen LogP contribution in [0.25, 0.3) is 0 Å². The Morgan fingerprint density at radius 3 is 1.63 bits per heavy atom. The van der Waals surface area contributed by atoms with Gasteiger partial charge in [-0.15, -0.1) is 0 Å². The van der Waals surface area contributed by atoms with Crippen molar-refractivity contribution in [1.82, 2.24) is 16.0 Å². The summed E-state index contributed by atoms with van der Waals surface area (Å²) in [7, 11) is 2.37. The van der Waals surface area contributed by atoms with E-state index in [-0.39, 0.29) is 94.0 Å². The van der Waals surface area contributed by atoms with Gasteiger partial charge in [0, 0.05) is 25.7 Å². The molecule has 4 aliphatic heterocycles. The van der Waals surface area contributed by atoms with Gasteiger partial charge in [-0.3, -0.25) is 19.2 Å². The van der Waals surface area contributed by atoms with Crippen LogP contribution in [0.15, 0.2) is 92.2 Å². The smallest absolute Gasteiger partial charge is 0.373 e. The lowest BCUT2D eigenvalue weighted by Crippen LogP contribution is -2.44. The number of methoxy groups -OCH3 is 2. The Morgan fingerprint density at radius 1 is 0.723 bits per heavy atom. The Hall–Kier alpha value is -6.67. The summed E-state index contributed by atoms with van der Waals surface area (Å²) >= 11 is 0. The van der Waals surface area contributed by atoms with E-state index in [0.29, 0.717) is 44.7 Å². The van der Waals surface area contributed by atoms with Crippen LogP contribution in [0.5, 0.6) is 0 Å². The van der Waals surface area contributed by atoms with Gasteiger partial charge in [0.1, 0.15) is 28.8 Å². The van der Waals surface area contributed by atoms with Crippen molar-refractivity contribution in [3.63, 3.8) is 0 Å². The number of ether oxygens (including phenoxy) is 4. The lowest BCUT2D eigenvalue weighted by atomic mass is 9.86. The average molecular weight is 932 g/mol. The van der Waals surface area contributed by atoms with Crippen LogP contribution >= 0.6 is 0 Å². The maximum absolute atomic E-state index is 12.2. The van der Waals surface area contributed by atoms with Crippen molar-refractivity contribution in [2.24, 2.45) is 5.73 Å². The fraction of sp³-hybridized carbons (Fsp3) is 0.442. The molecule has 0 aromatic carbocycles. The first-order valence-corrected chi connectivity index (χ1v) is 19.2. The van der Waals surface area contributed by atoms with E-state index in [9.17, 15) is 28.8 Å². The van der Waals surface area contributed by atoms with Gasteiger partial charge in [0.25, 0.3) is 0 Å². The van der Waals surface area contributed by atoms with E-state index in [2.05, 4.69) is 22.9 Å². The number of esters is 2. The van der Waals surface area contributed by atoms with Gasteiger partial charge < -0.3 is 68.1 Å². The zero-order chi connectivity index (χ0) is 47.0. The van der Waals surface area contributed by atoms with Crippen LogP contribution in [-0.4, -0.2) is 104 Å². The van der Waals surface area contributed by atoms with E-state index in [0.717, 1.165) is 5.76 Å². The van der Waals surface area contributed by atoms with Gasteiger partial charge in [0.15, 0.2) is 0 Å². The average Bonchev–Trinajstić information content (AvgIpc) is 4.14. The summed E-state index contributed by atoms with van der Waals surface area (Å²) < 4.78 is 31.1. The predicted octanol–water partition coefficient (Wildman–Crippen LogP) is 1.87. The first-order chi connectivity index (χ1) is 30.1. The highest BCUT2D eigenvalue weighted by Crippen LogP contribution is 2.44. The van der Waals surface area contributed by atoms with Crippen LogP contribution in [0.3, 0.4) is 0 Å². The lowest BCUT2D eigenvalue weighted by Gasteiger charge is -2.25. The second kappa shape index (κ2) is 29.6. The summed E-state index contributed by atoms with van der Waals surface area (Å²) in [5, 5.41) is 16.9.